The van der Waals surface area contributed by atoms with Crippen molar-refractivity contribution in [2.75, 3.05) is 51.7 Å². The van der Waals surface area contributed by atoms with Crippen molar-refractivity contribution in [2.24, 2.45) is 0 Å². The van der Waals surface area contributed by atoms with Crippen LogP contribution in [0.15, 0.2) is 30.6 Å². The van der Waals surface area contributed by atoms with E-state index in [-0.39, 0.29) is 22.9 Å². The van der Waals surface area contributed by atoms with Crippen molar-refractivity contribution in [2.45, 2.75) is 12.2 Å². The van der Waals surface area contributed by atoms with Gasteiger partial charge in [-0.1, -0.05) is 23.7 Å². The highest BCUT2D eigenvalue weighted by molar-refractivity contribution is 6.30. The third-order valence-corrected chi connectivity index (χ3v) is 5.71. The van der Waals surface area contributed by atoms with Gasteiger partial charge in [0, 0.05) is 43.8 Å². The molecule has 0 bridgehead atoms. The summed E-state index contributed by atoms with van der Waals surface area (Å²) in [5.74, 6) is 0.265. The van der Waals surface area contributed by atoms with E-state index in [1.165, 1.54) is 6.33 Å². The first-order valence-corrected chi connectivity index (χ1v) is 10.3. The van der Waals surface area contributed by atoms with Crippen LogP contribution < -0.4 is 4.90 Å². The molecule has 1 N–H and O–H groups in total. The van der Waals surface area contributed by atoms with Crippen LogP contribution >= 0.6 is 11.6 Å². The van der Waals surface area contributed by atoms with Crippen LogP contribution in [0.1, 0.15) is 17.3 Å². The fraction of sp³-hybridized carbons (Fsp3) is 0.450. The summed E-state index contributed by atoms with van der Waals surface area (Å²) in [7, 11) is 4.04. The third kappa shape index (κ3) is 4.60. The van der Waals surface area contributed by atoms with Crippen LogP contribution in [0.25, 0.3) is 11.0 Å². The Bertz CT molecular complexity index is 1030. The molecule has 1 aromatic carbocycles. The number of nitrogens with one attached hydrogen (secondary N) is 1. The molecule has 3 aromatic rings. The van der Waals surface area contributed by atoms with Crippen LogP contribution in [0.5, 0.6) is 0 Å². The Morgan fingerprint density at radius 2 is 1.77 bits per heavy atom. The monoisotopic (exact) mass is 453 g/mol. The number of piperazine rings is 1. The van der Waals surface area contributed by atoms with E-state index in [2.05, 4.69) is 30.0 Å². The van der Waals surface area contributed by atoms with E-state index in [4.69, 9.17) is 11.6 Å². The van der Waals surface area contributed by atoms with Gasteiger partial charge in [-0.05, 0) is 31.8 Å². The van der Waals surface area contributed by atoms with E-state index >= 15 is 0 Å². The zero-order valence-corrected chi connectivity index (χ0v) is 18.0. The number of nitrogens with zero attached hydrogens (tertiary/aromatic N) is 6. The molecule has 1 fully saturated rings. The second kappa shape index (κ2) is 8.60. The number of aromatic nitrogens is 4. The molecule has 1 aliphatic heterocycles. The molecule has 0 aliphatic carbocycles. The third-order valence-electron chi connectivity index (χ3n) is 5.46. The zero-order chi connectivity index (χ0) is 22.2. The van der Waals surface area contributed by atoms with Gasteiger partial charge in [-0.15, -0.1) is 0 Å². The molecule has 11 heteroatoms. The van der Waals surface area contributed by atoms with E-state index in [1.54, 1.807) is 0 Å². The van der Waals surface area contributed by atoms with Gasteiger partial charge >= 0.3 is 6.18 Å². The summed E-state index contributed by atoms with van der Waals surface area (Å²) in [4.78, 5) is 14.4. The first-order valence-electron chi connectivity index (χ1n) is 9.89. The number of halogens is 4. The van der Waals surface area contributed by atoms with Crippen molar-refractivity contribution in [1.82, 2.24) is 30.0 Å². The Morgan fingerprint density at radius 3 is 2.39 bits per heavy atom. The Kier molecular flexibility index (Phi) is 6.05. The molecular formula is C20H23ClF3N7. The fourth-order valence-electron chi connectivity index (χ4n) is 3.99. The summed E-state index contributed by atoms with van der Waals surface area (Å²) in [6.45, 7) is 3.29. The van der Waals surface area contributed by atoms with Crippen molar-refractivity contribution in [1.29, 1.82) is 0 Å². The van der Waals surface area contributed by atoms with Crippen LogP contribution in [-0.4, -0.2) is 76.8 Å². The number of hydrogen-bond acceptors (Lipinski definition) is 6. The summed E-state index contributed by atoms with van der Waals surface area (Å²) in [5, 5.41) is 6.40. The molecule has 31 heavy (non-hydrogen) atoms. The first kappa shape index (κ1) is 21.8. The Balaban J connectivity index is 1.56. The van der Waals surface area contributed by atoms with Crippen molar-refractivity contribution in [3.63, 3.8) is 0 Å². The minimum atomic E-state index is -4.55. The van der Waals surface area contributed by atoms with E-state index in [9.17, 15) is 13.2 Å². The van der Waals surface area contributed by atoms with Crippen molar-refractivity contribution in [3.8, 4) is 0 Å². The van der Waals surface area contributed by atoms with Crippen LogP contribution in [-0.2, 0) is 6.18 Å². The molecule has 0 amide bonds. The van der Waals surface area contributed by atoms with Gasteiger partial charge in [-0.3, -0.25) is 10.00 Å². The predicted molar refractivity (Wildman–Crippen MR) is 113 cm³/mol. The lowest BCUT2D eigenvalue weighted by Crippen LogP contribution is -2.49. The molecular weight excluding hydrogens is 431 g/mol. The summed E-state index contributed by atoms with van der Waals surface area (Å²) >= 11 is 6.05. The molecule has 4 rings (SSSR count). The average molecular weight is 454 g/mol. The average Bonchev–Trinajstić information content (AvgIpc) is 3.18. The fourth-order valence-corrected chi connectivity index (χ4v) is 4.12. The molecule has 0 spiro atoms. The molecule has 1 atom stereocenters. The lowest BCUT2D eigenvalue weighted by atomic mass is 10.0. The maximum absolute atomic E-state index is 13.4. The lowest BCUT2D eigenvalue weighted by Gasteiger charge is -2.41. The highest BCUT2D eigenvalue weighted by Crippen LogP contribution is 2.36. The lowest BCUT2D eigenvalue weighted by molar-refractivity contribution is -0.139. The highest BCUT2D eigenvalue weighted by atomic mass is 35.5. The maximum atomic E-state index is 13.4. The number of rotatable bonds is 5. The van der Waals surface area contributed by atoms with Crippen molar-refractivity contribution in [3.05, 3.63) is 46.9 Å². The summed E-state index contributed by atoms with van der Waals surface area (Å²) < 4.78 is 40.3. The summed E-state index contributed by atoms with van der Waals surface area (Å²) in [6.07, 6.45) is -3.30. The van der Waals surface area contributed by atoms with Gasteiger partial charge in [-0.25, -0.2) is 9.97 Å². The minimum Gasteiger partial charge on any atom is -0.353 e. The normalized spacial score (nSPS) is 16.9. The van der Waals surface area contributed by atoms with Gasteiger partial charge in [0.1, 0.15) is 12.1 Å². The standard InChI is InChI=1S/C20H23ClF3N7/c1-29(2)11-15(13-3-5-14(21)6-4-13)30-7-9-31(10-8-30)19-16-17(20(22,23)24)27-28-18(16)25-12-26-19/h3-6,12,15H,7-11H2,1-2H3,(H,25,26,27,28). The topological polar surface area (TPSA) is 64.2 Å². The predicted octanol–water partition coefficient (Wildman–Crippen LogP) is 3.45. The van der Waals surface area contributed by atoms with Gasteiger partial charge in [0.2, 0.25) is 0 Å². The van der Waals surface area contributed by atoms with E-state index in [0.717, 1.165) is 12.1 Å². The number of hydrogen-bond donors (Lipinski definition) is 1. The number of anilines is 1. The SMILES string of the molecule is CN(C)CC(c1ccc(Cl)cc1)N1CCN(c2ncnc3n[nH]c(C(F)(F)F)c23)CC1. The van der Waals surface area contributed by atoms with Crippen LogP contribution in [0.4, 0.5) is 19.0 Å². The molecule has 1 aliphatic rings. The van der Waals surface area contributed by atoms with Crippen LogP contribution in [0, 0.1) is 0 Å². The smallest absolute Gasteiger partial charge is 0.353 e. The highest BCUT2D eigenvalue weighted by Gasteiger charge is 2.38. The minimum absolute atomic E-state index is 0.0198. The quantitative estimate of drug-likeness (QED) is 0.638. The van der Waals surface area contributed by atoms with Gasteiger partial charge < -0.3 is 9.80 Å². The van der Waals surface area contributed by atoms with E-state index in [0.29, 0.717) is 31.2 Å². The Morgan fingerprint density at radius 1 is 1.10 bits per heavy atom. The van der Waals surface area contributed by atoms with E-state index in [1.807, 2.05) is 43.3 Å². The molecule has 1 saturated heterocycles. The number of benzene rings is 1. The van der Waals surface area contributed by atoms with Crippen molar-refractivity contribution < 1.29 is 13.2 Å². The maximum Gasteiger partial charge on any atom is 0.433 e. The van der Waals surface area contributed by atoms with Gasteiger partial charge in [0.15, 0.2) is 11.3 Å². The Hall–Kier alpha value is -2.43. The van der Waals surface area contributed by atoms with Crippen LogP contribution in [0.2, 0.25) is 5.02 Å². The van der Waals surface area contributed by atoms with Gasteiger partial charge in [0.05, 0.1) is 5.39 Å². The molecule has 7 nitrogen and oxygen atoms in total. The largest absolute Gasteiger partial charge is 0.433 e. The number of fused-ring (bicyclic) bond motifs is 1. The number of aromatic amines is 1. The zero-order valence-electron chi connectivity index (χ0n) is 17.2. The first-order chi connectivity index (χ1) is 14.7. The molecule has 3 heterocycles. The number of H-pyrrole nitrogens is 1. The van der Waals surface area contributed by atoms with Gasteiger partial charge in [0.25, 0.3) is 0 Å². The summed E-state index contributed by atoms with van der Waals surface area (Å²) in [6, 6.07) is 7.96. The molecule has 166 valence electrons. The molecule has 2 aromatic heterocycles. The molecule has 0 saturated carbocycles. The summed E-state index contributed by atoms with van der Waals surface area (Å²) in [5.41, 5.74) is 0.267. The second-order valence-corrected chi connectivity index (χ2v) is 8.28. The Labute approximate surface area is 182 Å². The van der Waals surface area contributed by atoms with E-state index < -0.39 is 11.9 Å². The number of likely N-dealkylation sites (N-methyl/N-ethyl adjacent to an activating group) is 1. The number of alkyl halides is 3. The van der Waals surface area contributed by atoms with Crippen LogP contribution in [0.3, 0.4) is 0 Å². The molecule has 0 radical (unpaired) electrons. The van der Waals surface area contributed by atoms with Gasteiger partial charge in [-0.2, -0.15) is 18.3 Å². The van der Waals surface area contributed by atoms with Crippen molar-refractivity contribution >= 4 is 28.5 Å². The molecule has 1 unspecified atom stereocenters. The second-order valence-electron chi connectivity index (χ2n) is 7.84.